The summed E-state index contributed by atoms with van der Waals surface area (Å²) in [6.45, 7) is 6.58. The van der Waals surface area contributed by atoms with Gasteiger partial charge in [0.1, 0.15) is 11.9 Å². The minimum atomic E-state index is -0.976. The summed E-state index contributed by atoms with van der Waals surface area (Å²) in [5.41, 5.74) is 2.90. The number of aryl methyl sites for hydroxylation is 1. The Balaban J connectivity index is 1.63. The normalized spacial score (nSPS) is 17.8. The molecule has 0 bridgehead atoms. The van der Waals surface area contributed by atoms with E-state index in [-0.39, 0.29) is 42.9 Å². The predicted molar refractivity (Wildman–Crippen MR) is 131 cm³/mol. The Bertz CT molecular complexity index is 1200. The number of hydrogen-bond donors (Lipinski definition) is 2. The van der Waals surface area contributed by atoms with Crippen molar-refractivity contribution in [3.63, 3.8) is 0 Å². The van der Waals surface area contributed by atoms with Gasteiger partial charge in [-0.1, -0.05) is 13.8 Å². The van der Waals surface area contributed by atoms with Crippen LogP contribution < -0.4 is 10.1 Å². The monoisotopic (exact) mass is 497 g/mol. The lowest BCUT2D eigenvalue weighted by molar-refractivity contribution is -0.140. The number of halogens is 1. The number of amides is 2. The highest BCUT2D eigenvalue weighted by Crippen LogP contribution is 2.41. The lowest BCUT2D eigenvalue weighted by Crippen LogP contribution is -2.45. The third-order valence-electron chi connectivity index (χ3n) is 6.96. The fourth-order valence-electron chi connectivity index (χ4n) is 5.25. The minimum Gasteiger partial charge on any atom is -0.481 e. The first-order chi connectivity index (χ1) is 17.1. The summed E-state index contributed by atoms with van der Waals surface area (Å²) in [6.07, 6.45) is 2.06. The van der Waals surface area contributed by atoms with Crippen molar-refractivity contribution in [3.8, 4) is 5.88 Å². The number of benzene rings is 1. The zero-order chi connectivity index (χ0) is 26.0. The molecular weight excluding hydrogens is 465 g/mol. The van der Waals surface area contributed by atoms with Gasteiger partial charge in [0.05, 0.1) is 12.3 Å². The quantitative estimate of drug-likeness (QED) is 0.567. The maximum Gasteiger partial charge on any atom is 0.303 e. The van der Waals surface area contributed by atoms with Crippen molar-refractivity contribution in [2.24, 2.45) is 0 Å². The Labute approximate surface area is 209 Å². The first-order valence-electron chi connectivity index (χ1n) is 12.4. The van der Waals surface area contributed by atoms with E-state index in [0.29, 0.717) is 41.4 Å². The molecule has 1 aliphatic carbocycles. The molecule has 2 heterocycles. The molecule has 192 valence electrons. The number of carbonyl (C=O) groups is 3. The number of anilines is 1. The molecule has 0 fully saturated rings. The van der Waals surface area contributed by atoms with Crippen molar-refractivity contribution in [2.45, 2.75) is 70.8 Å². The van der Waals surface area contributed by atoms with Gasteiger partial charge in [0, 0.05) is 43.1 Å². The van der Waals surface area contributed by atoms with E-state index in [2.05, 4.69) is 10.3 Å². The van der Waals surface area contributed by atoms with Gasteiger partial charge in [-0.15, -0.1) is 0 Å². The fraction of sp³-hybridized carbons (Fsp3) is 0.481. The highest BCUT2D eigenvalue weighted by Gasteiger charge is 2.38. The molecule has 1 atom stereocenters. The van der Waals surface area contributed by atoms with Crippen molar-refractivity contribution in [3.05, 3.63) is 52.5 Å². The van der Waals surface area contributed by atoms with Gasteiger partial charge in [-0.05, 0) is 60.9 Å². The van der Waals surface area contributed by atoms with Crippen LogP contribution >= 0.6 is 0 Å². The lowest BCUT2D eigenvalue weighted by atomic mass is 9.86. The van der Waals surface area contributed by atoms with E-state index in [1.807, 2.05) is 26.8 Å². The minimum absolute atomic E-state index is 0.0123. The summed E-state index contributed by atoms with van der Waals surface area (Å²) in [6, 6.07) is 5.58. The number of nitrogens with one attached hydrogen (secondary N) is 1. The summed E-state index contributed by atoms with van der Waals surface area (Å²) in [7, 11) is 0. The Morgan fingerprint density at radius 3 is 2.72 bits per heavy atom. The summed E-state index contributed by atoms with van der Waals surface area (Å²) in [5, 5.41) is 11.7. The second-order valence-corrected chi connectivity index (χ2v) is 9.97. The van der Waals surface area contributed by atoms with Gasteiger partial charge in [-0.25, -0.2) is 9.37 Å². The maximum atomic E-state index is 15.0. The van der Waals surface area contributed by atoms with Gasteiger partial charge in [-0.3, -0.25) is 14.4 Å². The predicted octanol–water partition coefficient (Wildman–Crippen LogP) is 4.16. The van der Waals surface area contributed by atoms with Crippen molar-refractivity contribution in [1.82, 2.24) is 9.88 Å². The Hall–Kier alpha value is -3.49. The number of hydrogen-bond acceptors (Lipinski definition) is 5. The van der Waals surface area contributed by atoms with Gasteiger partial charge in [-0.2, -0.15) is 0 Å². The van der Waals surface area contributed by atoms with Crippen LogP contribution in [0, 0.1) is 5.82 Å². The van der Waals surface area contributed by atoms with Crippen LogP contribution in [0.5, 0.6) is 5.88 Å². The Kier molecular flexibility index (Phi) is 7.28. The number of carboxylic acids is 1. The van der Waals surface area contributed by atoms with Gasteiger partial charge in [0.15, 0.2) is 0 Å². The molecule has 36 heavy (non-hydrogen) atoms. The van der Waals surface area contributed by atoms with Crippen molar-refractivity contribution < 1.29 is 28.6 Å². The van der Waals surface area contributed by atoms with Crippen LogP contribution in [0.1, 0.15) is 74.9 Å². The standard InChI is InChI=1S/C27H32FN3O5/c1-4-36-21-9-8-18-20(30-21)11-13-31(22(32)6-5-7-23(33)34)25(18)26(35)29-17-14-16-10-12-27(2,3)24(16)19(28)15-17/h8-9,14-15,25H,4-7,10-13H2,1-3H3,(H,29,35)(H,33,34). The fourth-order valence-corrected chi connectivity index (χ4v) is 5.25. The van der Waals surface area contributed by atoms with Crippen molar-refractivity contribution >= 4 is 23.5 Å². The molecule has 8 nitrogen and oxygen atoms in total. The van der Waals surface area contributed by atoms with E-state index in [1.165, 1.54) is 11.0 Å². The largest absolute Gasteiger partial charge is 0.481 e. The molecule has 9 heteroatoms. The molecule has 4 rings (SSSR count). The maximum absolute atomic E-state index is 15.0. The molecule has 0 saturated carbocycles. The van der Waals surface area contributed by atoms with E-state index < -0.39 is 17.9 Å². The van der Waals surface area contributed by atoms with E-state index in [0.717, 1.165) is 18.4 Å². The zero-order valence-corrected chi connectivity index (χ0v) is 20.9. The molecule has 0 saturated heterocycles. The summed E-state index contributed by atoms with van der Waals surface area (Å²) < 4.78 is 20.5. The van der Waals surface area contributed by atoms with E-state index in [9.17, 15) is 14.4 Å². The van der Waals surface area contributed by atoms with Crippen LogP contribution in [-0.2, 0) is 32.6 Å². The number of ether oxygens (including phenoxy) is 1. The lowest BCUT2D eigenvalue weighted by Gasteiger charge is -2.36. The molecule has 1 unspecified atom stereocenters. The highest BCUT2D eigenvalue weighted by molar-refractivity contribution is 5.98. The number of aliphatic carboxylic acids is 1. The molecule has 2 N–H and O–H groups in total. The molecular formula is C27H32FN3O5. The molecule has 0 radical (unpaired) electrons. The number of fused-ring (bicyclic) bond motifs is 2. The Morgan fingerprint density at radius 2 is 2.00 bits per heavy atom. The average molecular weight is 498 g/mol. The zero-order valence-electron chi connectivity index (χ0n) is 20.9. The number of pyridine rings is 1. The number of rotatable bonds is 8. The van der Waals surface area contributed by atoms with Crippen LogP contribution in [0.4, 0.5) is 10.1 Å². The smallest absolute Gasteiger partial charge is 0.303 e. The third kappa shape index (κ3) is 5.20. The second-order valence-electron chi connectivity index (χ2n) is 9.97. The van der Waals surface area contributed by atoms with Crippen LogP contribution in [0.3, 0.4) is 0 Å². The average Bonchev–Trinajstić information content (AvgIpc) is 3.12. The summed E-state index contributed by atoms with van der Waals surface area (Å²) >= 11 is 0. The third-order valence-corrected chi connectivity index (χ3v) is 6.96. The number of carboxylic acid groups (broad SMARTS) is 1. The number of nitrogens with zero attached hydrogens (tertiary/aromatic N) is 2. The first-order valence-corrected chi connectivity index (χ1v) is 12.4. The molecule has 0 spiro atoms. The van der Waals surface area contributed by atoms with Crippen molar-refractivity contribution in [1.29, 1.82) is 0 Å². The Morgan fingerprint density at radius 1 is 1.22 bits per heavy atom. The molecule has 1 aromatic carbocycles. The highest BCUT2D eigenvalue weighted by atomic mass is 19.1. The summed E-state index contributed by atoms with van der Waals surface area (Å²) in [5.74, 6) is -1.66. The van der Waals surface area contributed by atoms with E-state index >= 15 is 4.39 Å². The molecule has 1 aromatic heterocycles. The van der Waals surface area contributed by atoms with Crippen LogP contribution in [0.15, 0.2) is 24.3 Å². The molecule has 2 aliphatic rings. The van der Waals surface area contributed by atoms with E-state index in [4.69, 9.17) is 9.84 Å². The number of aromatic nitrogens is 1. The number of carbonyl (C=O) groups excluding carboxylic acids is 2. The SMILES string of the molecule is CCOc1ccc2c(n1)CCN(C(=O)CCCC(=O)O)C2C(=O)Nc1cc(F)c2c(c1)CCC2(C)C. The van der Waals surface area contributed by atoms with Gasteiger partial charge in [0.2, 0.25) is 11.8 Å². The second kappa shape index (κ2) is 10.2. The van der Waals surface area contributed by atoms with Crippen LogP contribution in [0.2, 0.25) is 0 Å². The van der Waals surface area contributed by atoms with Gasteiger partial charge >= 0.3 is 5.97 Å². The molecule has 2 aromatic rings. The van der Waals surface area contributed by atoms with Crippen LogP contribution in [-0.4, -0.2) is 45.9 Å². The summed E-state index contributed by atoms with van der Waals surface area (Å²) in [4.78, 5) is 43.5. The van der Waals surface area contributed by atoms with E-state index in [1.54, 1.807) is 12.1 Å². The molecule has 1 aliphatic heterocycles. The van der Waals surface area contributed by atoms with Gasteiger partial charge in [0.25, 0.3) is 5.91 Å². The first kappa shape index (κ1) is 25.6. The van der Waals surface area contributed by atoms with Gasteiger partial charge < -0.3 is 20.1 Å². The van der Waals surface area contributed by atoms with Crippen LogP contribution in [0.25, 0.3) is 0 Å². The topological polar surface area (TPSA) is 109 Å². The molecule has 2 amide bonds. The van der Waals surface area contributed by atoms with Crippen molar-refractivity contribution in [2.75, 3.05) is 18.5 Å².